The molecule has 18 heavy (non-hydrogen) atoms. The van der Waals surface area contributed by atoms with Crippen molar-refractivity contribution in [3.63, 3.8) is 0 Å². The lowest BCUT2D eigenvalue weighted by molar-refractivity contribution is -0.117. The molecule has 0 spiro atoms. The summed E-state index contributed by atoms with van der Waals surface area (Å²) in [6.45, 7) is 1.72. The number of hydrogen-bond acceptors (Lipinski definition) is 4. The standard InChI is InChI=1S/C11H14N2O4S/c1-7-3-2-4-9(14)11(7)13-6-8(5-10(13)15)18(12,16)17/h2-4,8,14H,5-6H2,1H3,(H2,12,16,17). The number of benzene rings is 1. The SMILES string of the molecule is Cc1cccc(O)c1N1CC(S(N)(=O)=O)CC1=O. The van der Waals surface area contributed by atoms with Crippen molar-refractivity contribution >= 4 is 21.6 Å². The molecule has 2 rings (SSSR count). The minimum atomic E-state index is -3.75. The van der Waals surface area contributed by atoms with E-state index in [1.165, 1.54) is 11.0 Å². The number of nitrogens with two attached hydrogens (primary N) is 1. The number of hydrogen-bond donors (Lipinski definition) is 2. The first-order valence-corrected chi connectivity index (χ1v) is 7.02. The van der Waals surface area contributed by atoms with Crippen LogP contribution in [0, 0.1) is 6.92 Å². The van der Waals surface area contributed by atoms with Gasteiger partial charge in [0, 0.05) is 13.0 Å². The van der Waals surface area contributed by atoms with Crippen molar-refractivity contribution in [2.24, 2.45) is 5.14 Å². The number of phenols is 1. The van der Waals surface area contributed by atoms with Crippen LogP contribution in [0.1, 0.15) is 12.0 Å². The molecule has 7 heteroatoms. The summed E-state index contributed by atoms with van der Waals surface area (Å²) >= 11 is 0. The molecule has 3 N–H and O–H groups in total. The van der Waals surface area contributed by atoms with Crippen molar-refractivity contribution in [2.75, 3.05) is 11.4 Å². The molecule has 1 aliphatic rings. The first kappa shape index (κ1) is 12.8. The van der Waals surface area contributed by atoms with Gasteiger partial charge in [-0.2, -0.15) is 0 Å². The van der Waals surface area contributed by atoms with Gasteiger partial charge in [-0.3, -0.25) is 4.79 Å². The number of amides is 1. The van der Waals surface area contributed by atoms with Gasteiger partial charge in [0.1, 0.15) is 11.0 Å². The molecule has 0 saturated carbocycles. The first-order valence-electron chi connectivity index (χ1n) is 5.41. The van der Waals surface area contributed by atoms with Crippen LogP contribution in [0.4, 0.5) is 5.69 Å². The number of sulfonamides is 1. The Labute approximate surface area is 105 Å². The molecule has 0 radical (unpaired) electrons. The van der Waals surface area contributed by atoms with Gasteiger partial charge in [0.25, 0.3) is 0 Å². The zero-order valence-electron chi connectivity index (χ0n) is 9.83. The molecule has 0 aromatic heterocycles. The molecular formula is C11H14N2O4S. The number of rotatable bonds is 2. The number of phenolic OH excluding ortho intramolecular Hbond substituents is 1. The van der Waals surface area contributed by atoms with Gasteiger partial charge in [0.2, 0.25) is 15.9 Å². The van der Waals surface area contributed by atoms with Crippen LogP contribution in [0.2, 0.25) is 0 Å². The number of para-hydroxylation sites is 1. The zero-order chi connectivity index (χ0) is 13.5. The Balaban J connectivity index is 2.39. The Morgan fingerprint density at radius 2 is 2.11 bits per heavy atom. The van der Waals surface area contributed by atoms with Gasteiger partial charge < -0.3 is 10.0 Å². The highest BCUT2D eigenvalue weighted by Gasteiger charge is 2.38. The highest BCUT2D eigenvalue weighted by atomic mass is 32.2. The van der Waals surface area contributed by atoms with Crippen molar-refractivity contribution in [3.05, 3.63) is 23.8 Å². The number of carbonyl (C=O) groups is 1. The van der Waals surface area contributed by atoms with Crippen LogP contribution < -0.4 is 10.0 Å². The minimum Gasteiger partial charge on any atom is -0.506 e. The Morgan fingerprint density at radius 3 is 2.61 bits per heavy atom. The molecule has 6 nitrogen and oxygen atoms in total. The fourth-order valence-corrected chi connectivity index (χ4v) is 2.84. The Bertz CT molecular complexity index is 577. The minimum absolute atomic E-state index is 0.0178. The van der Waals surface area contributed by atoms with Crippen LogP contribution in [-0.2, 0) is 14.8 Å². The fraction of sp³-hybridized carbons (Fsp3) is 0.364. The summed E-state index contributed by atoms with van der Waals surface area (Å²) in [4.78, 5) is 13.1. The summed E-state index contributed by atoms with van der Waals surface area (Å²) in [6, 6.07) is 4.86. The average Bonchev–Trinajstić information content (AvgIpc) is 2.60. The van der Waals surface area contributed by atoms with E-state index in [-0.39, 0.29) is 24.6 Å². The highest BCUT2D eigenvalue weighted by molar-refractivity contribution is 7.89. The lowest BCUT2D eigenvalue weighted by atomic mass is 10.1. The zero-order valence-corrected chi connectivity index (χ0v) is 10.6. The summed E-state index contributed by atoms with van der Waals surface area (Å²) in [5.41, 5.74) is 1.06. The van der Waals surface area contributed by atoms with Crippen molar-refractivity contribution < 1.29 is 18.3 Å². The number of carbonyl (C=O) groups excluding carboxylic acids is 1. The maximum absolute atomic E-state index is 11.8. The van der Waals surface area contributed by atoms with E-state index < -0.39 is 15.3 Å². The van der Waals surface area contributed by atoms with E-state index in [0.29, 0.717) is 11.3 Å². The van der Waals surface area contributed by atoms with Crippen LogP contribution in [0.15, 0.2) is 18.2 Å². The van der Waals surface area contributed by atoms with Crippen LogP contribution in [-0.4, -0.2) is 31.2 Å². The van der Waals surface area contributed by atoms with Crippen LogP contribution in [0.5, 0.6) is 5.75 Å². The van der Waals surface area contributed by atoms with Crippen LogP contribution in [0.3, 0.4) is 0 Å². The molecule has 1 atom stereocenters. The lowest BCUT2D eigenvalue weighted by Crippen LogP contribution is -2.32. The molecule has 1 heterocycles. The van der Waals surface area contributed by atoms with E-state index in [9.17, 15) is 18.3 Å². The van der Waals surface area contributed by atoms with E-state index >= 15 is 0 Å². The Hall–Kier alpha value is -1.60. The number of primary sulfonamides is 1. The van der Waals surface area contributed by atoms with E-state index in [1.54, 1.807) is 19.1 Å². The average molecular weight is 270 g/mol. The predicted octanol–water partition coefficient (Wildman–Crippen LogP) is 0.0944. The molecular weight excluding hydrogens is 256 g/mol. The van der Waals surface area contributed by atoms with Gasteiger partial charge in [-0.15, -0.1) is 0 Å². The highest BCUT2D eigenvalue weighted by Crippen LogP contribution is 2.34. The normalized spacial score (nSPS) is 20.4. The van der Waals surface area contributed by atoms with Gasteiger partial charge in [0.15, 0.2) is 0 Å². The van der Waals surface area contributed by atoms with E-state index in [1.807, 2.05) is 0 Å². The van der Waals surface area contributed by atoms with Gasteiger partial charge in [-0.25, -0.2) is 13.6 Å². The van der Waals surface area contributed by atoms with E-state index in [4.69, 9.17) is 5.14 Å². The molecule has 0 bridgehead atoms. The third-order valence-electron chi connectivity index (χ3n) is 3.04. The van der Waals surface area contributed by atoms with Gasteiger partial charge in [-0.05, 0) is 18.6 Å². The Morgan fingerprint density at radius 1 is 1.44 bits per heavy atom. The second-order valence-electron chi connectivity index (χ2n) is 4.36. The topological polar surface area (TPSA) is 101 Å². The number of aryl methyl sites for hydroxylation is 1. The van der Waals surface area contributed by atoms with E-state index in [0.717, 1.165) is 0 Å². The number of nitrogens with zero attached hydrogens (tertiary/aromatic N) is 1. The molecule has 1 aliphatic heterocycles. The maximum Gasteiger partial charge on any atom is 0.228 e. The summed E-state index contributed by atoms with van der Waals surface area (Å²) < 4.78 is 22.5. The smallest absolute Gasteiger partial charge is 0.228 e. The molecule has 1 unspecified atom stereocenters. The quantitative estimate of drug-likeness (QED) is 0.795. The summed E-state index contributed by atoms with van der Waals surface area (Å²) in [6.07, 6.45) is -0.146. The first-order chi connectivity index (χ1) is 8.30. The summed E-state index contributed by atoms with van der Waals surface area (Å²) in [5.74, 6) is -0.392. The third-order valence-corrected chi connectivity index (χ3v) is 4.29. The summed E-state index contributed by atoms with van der Waals surface area (Å²) in [7, 11) is -3.75. The van der Waals surface area contributed by atoms with Gasteiger partial charge in [-0.1, -0.05) is 12.1 Å². The van der Waals surface area contributed by atoms with Crippen LogP contribution >= 0.6 is 0 Å². The monoisotopic (exact) mass is 270 g/mol. The molecule has 1 fully saturated rings. The number of anilines is 1. The van der Waals surface area contributed by atoms with Gasteiger partial charge in [0.05, 0.1) is 5.69 Å². The summed E-state index contributed by atoms with van der Waals surface area (Å²) in [5, 5.41) is 13.9. The molecule has 1 aromatic rings. The molecule has 1 aromatic carbocycles. The van der Waals surface area contributed by atoms with Crippen molar-refractivity contribution in [3.8, 4) is 5.75 Å². The fourth-order valence-electron chi connectivity index (χ4n) is 2.11. The van der Waals surface area contributed by atoms with Crippen molar-refractivity contribution in [2.45, 2.75) is 18.6 Å². The molecule has 1 amide bonds. The van der Waals surface area contributed by atoms with Crippen molar-refractivity contribution in [1.29, 1.82) is 0 Å². The second-order valence-corrected chi connectivity index (χ2v) is 6.21. The molecule has 1 saturated heterocycles. The van der Waals surface area contributed by atoms with E-state index in [2.05, 4.69) is 0 Å². The largest absolute Gasteiger partial charge is 0.506 e. The van der Waals surface area contributed by atoms with Gasteiger partial charge >= 0.3 is 0 Å². The molecule has 0 aliphatic carbocycles. The number of aromatic hydroxyl groups is 1. The van der Waals surface area contributed by atoms with Crippen LogP contribution in [0.25, 0.3) is 0 Å². The predicted molar refractivity (Wildman–Crippen MR) is 66.7 cm³/mol. The second kappa shape index (κ2) is 4.25. The lowest BCUT2D eigenvalue weighted by Gasteiger charge is -2.19. The Kier molecular flexibility index (Phi) is 3.04. The molecule has 98 valence electrons. The third kappa shape index (κ3) is 2.19. The van der Waals surface area contributed by atoms with Crippen molar-refractivity contribution in [1.82, 2.24) is 0 Å². The maximum atomic E-state index is 11.8.